The number of anilines is 2. The van der Waals surface area contributed by atoms with Gasteiger partial charge in [-0.05, 0) is 38.0 Å². The van der Waals surface area contributed by atoms with Crippen molar-refractivity contribution in [2.45, 2.75) is 110 Å². The average molecular weight is 453 g/mol. The number of aryl methyl sites for hydroxylation is 2. The molecule has 0 saturated carbocycles. The molecular weight excluding hydrogens is 408 g/mol. The molecule has 1 heterocycles. The van der Waals surface area contributed by atoms with Crippen molar-refractivity contribution in [3.8, 4) is 0 Å². The minimum absolute atomic E-state index is 0.613. The van der Waals surface area contributed by atoms with Crippen LogP contribution in [0.5, 0.6) is 0 Å². The molecule has 0 unspecified atom stereocenters. The van der Waals surface area contributed by atoms with E-state index in [4.69, 9.17) is 0 Å². The summed E-state index contributed by atoms with van der Waals surface area (Å²) < 4.78 is 2.02. The molecule has 0 aliphatic heterocycles. The largest absolute Gasteiger partial charge is 0.510 e. The van der Waals surface area contributed by atoms with Gasteiger partial charge >= 0.3 is 0 Å². The molecule has 0 atom stereocenters. The highest BCUT2D eigenvalue weighted by atomic mass is 16.4. The molecule has 1 amide bonds. The van der Waals surface area contributed by atoms with Crippen molar-refractivity contribution < 1.29 is 14.5 Å². The number of rotatable bonds is 17. The summed E-state index contributed by atoms with van der Waals surface area (Å²) >= 11 is 0. The number of amides is 1. The van der Waals surface area contributed by atoms with E-state index in [0.29, 0.717) is 11.5 Å². The molecule has 0 spiro atoms. The van der Waals surface area contributed by atoms with Crippen molar-refractivity contribution in [2.24, 2.45) is 0 Å². The van der Waals surface area contributed by atoms with Gasteiger partial charge in [0.05, 0.1) is 12.7 Å². The highest BCUT2D eigenvalue weighted by molar-refractivity contribution is 5.91. The molecule has 2 rings (SSSR count). The molecule has 33 heavy (non-hydrogen) atoms. The number of unbranched alkanes of at least 4 members (excludes halogenated alkanes) is 13. The zero-order valence-electron chi connectivity index (χ0n) is 20.9. The lowest BCUT2D eigenvalue weighted by molar-refractivity contribution is -0.684. The van der Waals surface area contributed by atoms with Crippen molar-refractivity contribution in [3.05, 3.63) is 54.2 Å². The fourth-order valence-corrected chi connectivity index (χ4v) is 4.36. The van der Waals surface area contributed by atoms with Crippen LogP contribution in [0.1, 0.15) is 102 Å². The summed E-state index contributed by atoms with van der Waals surface area (Å²) in [5, 5.41) is 11.9. The van der Waals surface area contributed by atoms with Crippen molar-refractivity contribution in [3.63, 3.8) is 0 Å². The van der Waals surface area contributed by atoms with Gasteiger partial charge in [-0.2, -0.15) is 4.90 Å². The van der Waals surface area contributed by atoms with Crippen LogP contribution in [-0.2, 0) is 6.54 Å². The molecule has 4 heteroatoms. The fourth-order valence-electron chi connectivity index (χ4n) is 4.36. The number of hydrogen-bond acceptors (Lipinski definition) is 2. The van der Waals surface area contributed by atoms with Gasteiger partial charge in [0.15, 0.2) is 0 Å². The smallest absolute Gasteiger partial charge is 0.287 e. The van der Waals surface area contributed by atoms with Crippen LogP contribution in [0.15, 0.2) is 48.7 Å². The predicted octanol–water partition coefficient (Wildman–Crippen LogP) is 7.25. The molecular formula is C29H44N2O2. The Morgan fingerprint density at radius 2 is 1.27 bits per heavy atom. The molecule has 4 nitrogen and oxygen atoms in total. The first-order valence-corrected chi connectivity index (χ1v) is 13.2. The van der Waals surface area contributed by atoms with Crippen molar-refractivity contribution >= 4 is 17.6 Å². The number of hydrogen-bond donors (Lipinski definition) is 0. The van der Waals surface area contributed by atoms with E-state index in [1.54, 1.807) is 0 Å². The second-order valence-electron chi connectivity index (χ2n) is 9.29. The Kier molecular flexibility index (Phi) is 13.3. The number of nitrogens with zero attached hydrogens (tertiary/aromatic N) is 2. The van der Waals surface area contributed by atoms with Crippen LogP contribution in [0, 0.1) is 6.92 Å². The summed E-state index contributed by atoms with van der Waals surface area (Å²) in [7, 11) is 0. The number of aromatic nitrogens is 1. The molecule has 0 aliphatic rings. The van der Waals surface area contributed by atoms with Gasteiger partial charge < -0.3 is 9.90 Å². The fraction of sp³-hybridized carbons (Fsp3) is 0.586. The third-order valence-electron chi connectivity index (χ3n) is 6.37. The summed E-state index contributed by atoms with van der Waals surface area (Å²) in [6.45, 7) is 5.07. The van der Waals surface area contributed by atoms with Crippen LogP contribution >= 0.6 is 0 Å². The maximum absolute atomic E-state index is 11.9. The third-order valence-corrected chi connectivity index (χ3v) is 6.37. The third kappa shape index (κ3) is 10.4. The minimum atomic E-state index is -1.21. The lowest BCUT2D eigenvalue weighted by Gasteiger charge is -2.19. The predicted molar refractivity (Wildman–Crippen MR) is 136 cm³/mol. The molecule has 0 fully saturated rings. The number of carboxylic acid groups (broad SMARTS) is 1. The Morgan fingerprint density at radius 1 is 0.758 bits per heavy atom. The molecule has 0 N–H and O–H groups in total. The van der Waals surface area contributed by atoms with Gasteiger partial charge in [0.2, 0.25) is 6.09 Å². The lowest BCUT2D eigenvalue weighted by Crippen LogP contribution is -2.46. The van der Waals surface area contributed by atoms with Crippen LogP contribution < -0.4 is 14.6 Å². The van der Waals surface area contributed by atoms with Gasteiger partial charge in [0.1, 0.15) is 5.69 Å². The van der Waals surface area contributed by atoms with E-state index in [-0.39, 0.29) is 0 Å². The minimum Gasteiger partial charge on any atom is -0.510 e. The van der Waals surface area contributed by atoms with Crippen LogP contribution in [0.2, 0.25) is 0 Å². The normalized spacial score (nSPS) is 11.0. The van der Waals surface area contributed by atoms with Crippen molar-refractivity contribution in [1.29, 1.82) is 0 Å². The van der Waals surface area contributed by atoms with Crippen LogP contribution in [-0.4, -0.2) is 6.09 Å². The average Bonchev–Trinajstić information content (AvgIpc) is 2.81. The zero-order chi connectivity index (χ0) is 23.7. The monoisotopic (exact) mass is 452 g/mol. The maximum Gasteiger partial charge on any atom is 0.287 e. The molecule has 0 radical (unpaired) electrons. The quantitative estimate of drug-likeness (QED) is 0.187. The molecule has 1 aromatic heterocycles. The molecule has 2 aromatic rings. The van der Waals surface area contributed by atoms with Crippen LogP contribution in [0.3, 0.4) is 0 Å². The van der Waals surface area contributed by atoms with Gasteiger partial charge in [-0.25, -0.2) is 4.57 Å². The van der Waals surface area contributed by atoms with Gasteiger partial charge in [-0.15, -0.1) is 0 Å². The van der Waals surface area contributed by atoms with E-state index in [2.05, 4.69) is 6.92 Å². The lowest BCUT2D eigenvalue weighted by atomic mass is 10.0. The first-order valence-electron chi connectivity index (χ1n) is 13.2. The molecule has 0 saturated heterocycles. The van der Waals surface area contributed by atoms with E-state index in [1.165, 1.54) is 88.4 Å². The van der Waals surface area contributed by atoms with Gasteiger partial charge in [-0.3, -0.25) is 0 Å². The molecule has 182 valence electrons. The SMILES string of the molecule is CCCCCCCCCCCCCCCC[n+]1ccccc1N(C(=O)[O-])c1ccc(C)cc1. The Hall–Kier alpha value is -2.36. The maximum atomic E-state index is 11.9. The second kappa shape index (κ2) is 16.3. The van der Waals surface area contributed by atoms with E-state index in [9.17, 15) is 9.90 Å². The topological polar surface area (TPSA) is 47.2 Å². The summed E-state index contributed by atoms with van der Waals surface area (Å²) in [4.78, 5) is 13.2. The Morgan fingerprint density at radius 3 is 1.79 bits per heavy atom. The highest BCUT2D eigenvalue weighted by Crippen LogP contribution is 2.22. The van der Waals surface area contributed by atoms with Crippen LogP contribution in [0.25, 0.3) is 0 Å². The molecule has 0 aliphatic carbocycles. The standard InChI is InChI=1S/C29H44N2O2/c1-3-4-5-6-7-8-9-10-11-12-13-14-15-17-24-30-25-18-16-19-28(30)31(29(32)33)27-22-20-26(2)21-23-27/h16,18-23,25H,3-15,17,24H2,1-2H3. The van der Waals surface area contributed by atoms with E-state index in [0.717, 1.165) is 18.5 Å². The van der Waals surface area contributed by atoms with Crippen molar-refractivity contribution in [2.75, 3.05) is 4.90 Å². The van der Waals surface area contributed by atoms with Gasteiger partial charge in [-0.1, -0.05) is 108 Å². The molecule has 0 bridgehead atoms. The van der Waals surface area contributed by atoms with E-state index in [1.807, 2.05) is 60.2 Å². The Balaban J connectivity index is 1.67. The first kappa shape index (κ1) is 26.9. The van der Waals surface area contributed by atoms with Crippen molar-refractivity contribution in [1.82, 2.24) is 0 Å². The first-order chi connectivity index (χ1) is 16.1. The number of pyridine rings is 1. The van der Waals surface area contributed by atoms with E-state index >= 15 is 0 Å². The second-order valence-corrected chi connectivity index (χ2v) is 9.29. The molecule has 1 aromatic carbocycles. The number of benzene rings is 1. The highest BCUT2D eigenvalue weighted by Gasteiger charge is 2.23. The summed E-state index contributed by atoms with van der Waals surface area (Å²) in [5.74, 6) is 0.635. The Bertz CT molecular complexity index is 788. The summed E-state index contributed by atoms with van der Waals surface area (Å²) in [5.41, 5.74) is 1.71. The zero-order valence-corrected chi connectivity index (χ0v) is 20.9. The number of carbonyl (C=O) groups is 1. The Labute approximate surface area is 201 Å². The summed E-state index contributed by atoms with van der Waals surface area (Å²) in [6, 6.07) is 13.2. The van der Waals surface area contributed by atoms with Gasteiger partial charge in [0.25, 0.3) is 5.82 Å². The van der Waals surface area contributed by atoms with Crippen LogP contribution in [0.4, 0.5) is 16.3 Å². The van der Waals surface area contributed by atoms with E-state index < -0.39 is 6.09 Å². The van der Waals surface area contributed by atoms with Gasteiger partial charge in [0, 0.05) is 6.07 Å². The number of carbonyl (C=O) groups excluding carboxylic acids is 1. The summed E-state index contributed by atoms with van der Waals surface area (Å²) in [6.07, 6.45) is 19.4.